The van der Waals surface area contributed by atoms with Crippen LogP contribution in [0, 0.1) is 6.92 Å². The molecular weight excluding hydrogens is 296 g/mol. The van der Waals surface area contributed by atoms with Gasteiger partial charge in [-0.1, -0.05) is 0 Å². The molecule has 1 saturated heterocycles. The highest BCUT2D eigenvalue weighted by atomic mass is 16.5. The molecule has 2 aliphatic heterocycles. The Morgan fingerprint density at radius 2 is 2.13 bits per heavy atom. The van der Waals surface area contributed by atoms with E-state index in [0.29, 0.717) is 23.1 Å². The third-order valence-electron chi connectivity index (χ3n) is 4.06. The van der Waals surface area contributed by atoms with Crippen LogP contribution in [0.25, 0.3) is 0 Å². The van der Waals surface area contributed by atoms with E-state index in [1.54, 1.807) is 0 Å². The maximum absolute atomic E-state index is 11.9. The molecule has 23 heavy (non-hydrogen) atoms. The normalized spacial score (nSPS) is 21.3. The Morgan fingerprint density at radius 1 is 1.35 bits per heavy atom. The Hall–Kier alpha value is -1.93. The molecule has 1 amide bonds. The lowest BCUT2D eigenvalue weighted by Crippen LogP contribution is -2.38. The maximum atomic E-state index is 11.9. The highest BCUT2D eigenvalue weighted by Gasteiger charge is 2.25. The van der Waals surface area contributed by atoms with E-state index >= 15 is 0 Å². The molecule has 0 saturated carbocycles. The quantitative estimate of drug-likeness (QED) is 0.687. The molecule has 3 rings (SSSR count). The summed E-state index contributed by atoms with van der Waals surface area (Å²) < 4.78 is 5.35. The molecule has 0 aliphatic carbocycles. The van der Waals surface area contributed by atoms with Crippen LogP contribution in [0.5, 0.6) is 0 Å². The smallest absolute Gasteiger partial charge is 0.246 e. The monoisotopic (exact) mass is 320 g/mol. The SMILES string of the molecule is Cc1nc(NCCCN2CCOCC2)c2c(n1)NC(C)C(=O)N2. The molecule has 8 nitrogen and oxygen atoms in total. The van der Waals surface area contributed by atoms with Crippen molar-refractivity contribution >= 4 is 23.2 Å². The third-order valence-corrected chi connectivity index (χ3v) is 4.06. The van der Waals surface area contributed by atoms with Crippen molar-refractivity contribution in [3.8, 4) is 0 Å². The first kappa shape index (κ1) is 15.9. The van der Waals surface area contributed by atoms with Crippen LogP contribution in [-0.2, 0) is 9.53 Å². The van der Waals surface area contributed by atoms with Crippen LogP contribution >= 0.6 is 0 Å². The second kappa shape index (κ2) is 7.10. The number of hydrogen-bond acceptors (Lipinski definition) is 7. The molecular formula is C15H24N6O2. The van der Waals surface area contributed by atoms with Gasteiger partial charge in [0, 0.05) is 19.6 Å². The predicted octanol–water partition coefficient (Wildman–Crippen LogP) is 0.672. The van der Waals surface area contributed by atoms with E-state index in [9.17, 15) is 4.79 Å². The lowest BCUT2D eigenvalue weighted by Gasteiger charge is -2.27. The van der Waals surface area contributed by atoms with Gasteiger partial charge in [-0.05, 0) is 26.8 Å². The van der Waals surface area contributed by atoms with Crippen molar-refractivity contribution in [2.24, 2.45) is 0 Å². The van der Waals surface area contributed by atoms with Gasteiger partial charge in [0.25, 0.3) is 0 Å². The number of aromatic nitrogens is 2. The summed E-state index contributed by atoms with van der Waals surface area (Å²) in [5, 5.41) is 9.31. The van der Waals surface area contributed by atoms with E-state index in [2.05, 4.69) is 30.8 Å². The minimum Gasteiger partial charge on any atom is -0.379 e. The topological polar surface area (TPSA) is 91.4 Å². The number of ether oxygens (including phenoxy) is 1. The van der Waals surface area contributed by atoms with Crippen molar-refractivity contribution in [2.45, 2.75) is 26.3 Å². The number of rotatable bonds is 5. The van der Waals surface area contributed by atoms with E-state index in [-0.39, 0.29) is 11.9 Å². The number of carbonyl (C=O) groups is 1. The number of morpholine rings is 1. The van der Waals surface area contributed by atoms with Crippen LogP contribution in [0.2, 0.25) is 0 Å². The van der Waals surface area contributed by atoms with Gasteiger partial charge < -0.3 is 20.7 Å². The largest absolute Gasteiger partial charge is 0.379 e. The van der Waals surface area contributed by atoms with E-state index in [1.165, 1.54) is 0 Å². The van der Waals surface area contributed by atoms with Gasteiger partial charge in [-0.15, -0.1) is 0 Å². The molecule has 126 valence electrons. The molecule has 8 heteroatoms. The molecule has 1 unspecified atom stereocenters. The molecule has 1 aromatic rings. The van der Waals surface area contributed by atoms with Crippen molar-refractivity contribution in [3.63, 3.8) is 0 Å². The summed E-state index contributed by atoms with van der Waals surface area (Å²) in [4.78, 5) is 23.0. The van der Waals surface area contributed by atoms with Crippen LogP contribution in [0.1, 0.15) is 19.2 Å². The van der Waals surface area contributed by atoms with Crippen molar-refractivity contribution in [2.75, 3.05) is 55.3 Å². The van der Waals surface area contributed by atoms with Gasteiger partial charge in [0.2, 0.25) is 5.91 Å². The third kappa shape index (κ3) is 3.89. The first-order valence-electron chi connectivity index (χ1n) is 8.13. The van der Waals surface area contributed by atoms with Gasteiger partial charge in [-0.3, -0.25) is 9.69 Å². The fourth-order valence-electron chi connectivity index (χ4n) is 2.76. The Labute approximate surface area is 136 Å². The van der Waals surface area contributed by atoms with Crippen LogP contribution in [0.4, 0.5) is 17.3 Å². The average Bonchev–Trinajstić information content (AvgIpc) is 2.54. The number of nitrogens with one attached hydrogen (secondary N) is 3. The summed E-state index contributed by atoms with van der Waals surface area (Å²) in [6.45, 7) is 9.13. The van der Waals surface area contributed by atoms with Crippen molar-refractivity contribution < 1.29 is 9.53 Å². The van der Waals surface area contributed by atoms with Crippen LogP contribution < -0.4 is 16.0 Å². The second-order valence-corrected chi connectivity index (χ2v) is 5.93. The number of fused-ring (bicyclic) bond motifs is 1. The Kier molecular flexibility index (Phi) is 4.92. The molecule has 0 spiro atoms. The molecule has 1 fully saturated rings. The zero-order chi connectivity index (χ0) is 16.2. The molecule has 1 aromatic heterocycles. The molecule has 3 N–H and O–H groups in total. The zero-order valence-electron chi connectivity index (χ0n) is 13.7. The van der Waals surface area contributed by atoms with Crippen LogP contribution in [0.15, 0.2) is 0 Å². The fraction of sp³-hybridized carbons (Fsp3) is 0.667. The van der Waals surface area contributed by atoms with Gasteiger partial charge in [-0.2, -0.15) is 0 Å². The molecule has 0 aromatic carbocycles. The highest BCUT2D eigenvalue weighted by molar-refractivity contribution is 6.04. The summed E-state index contributed by atoms with van der Waals surface area (Å²) in [5.74, 6) is 1.97. The number of amides is 1. The van der Waals surface area contributed by atoms with Gasteiger partial charge in [0.1, 0.15) is 17.6 Å². The van der Waals surface area contributed by atoms with E-state index in [1.807, 2.05) is 13.8 Å². The molecule has 3 heterocycles. The van der Waals surface area contributed by atoms with E-state index in [4.69, 9.17) is 4.74 Å². The van der Waals surface area contributed by atoms with Gasteiger partial charge in [0.15, 0.2) is 11.6 Å². The van der Waals surface area contributed by atoms with E-state index < -0.39 is 0 Å². The van der Waals surface area contributed by atoms with Crippen molar-refractivity contribution in [1.29, 1.82) is 0 Å². The predicted molar refractivity (Wildman–Crippen MR) is 88.8 cm³/mol. The summed E-state index contributed by atoms with van der Waals surface area (Å²) >= 11 is 0. The second-order valence-electron chi connectivity index (χ2n) is 5.93. The highest BCUT2D eigenvalue weighted by Crippen LogP contribution is 2.31. The summed E-state index contributed by atoms with van der Waals surface area (Å²) in [6, 6.07) is -0.286. The zero-order valence-corrected chi connectivity index (χ0v) is 13.7. The van der Waals surface area contributed by atoms with Crippen LogP contribution in [0.3, 0.4) is 0 Å². The standard InChI is InChI=1S/C15H24N6O2/c1-10-15(22)20-12-13(18-11(2)19-14(12)17-10)16-4-3-5-21-6-8-23-9-7-21/h10H,3-9H2,1-2H3,(H,20,22)(H2,16,17,18,19). The first-order chi connectivity index (χ1) is 11.1. The Morgan fingerprint density at radius 3 is 2.91 bits per heavy atom. The minimum atomic E-state index is -0.286. The molecule has 2 aliphatic rings. The maximum Gasteiger partial charge on any atom is 0.246 e. The number of carbonyl (C=O) groups excluding carboxylic acids is 1. The van der Waals surface area contributed by atoms with Gasteiger partial charge in [0.05, 0.1) is 13.2 Å². The van der Waals surface area contributed by atoms with Gasteiger partial charge in [-0.25, -0.2) is 9.97 Å². The lowest BCUT2D eigenvalue weighted by molar-refractivity contribution is -0.116. The average molecular weight is 320 g/mol. The number of nitrogens with zero attached hydrogens (tertiary/aromatic N) is 3. The number of anilines is 3. The summed E-state index contributed by atoms with van der Waals surface area (Å²) in [5.41, 5.74) is 0.644. The minimum absolute atomic E-state index is 0.0682. The Balaban J connectivity index is 1.58. The fourth-order valence-corrected chi connectivity index (χ4v) is 2.76. The Bertz CT molecular complexity index is 573. The molecule has 1 atom stereocenters. The number of aryl methyl sites for hydroxylation is 1. The van der Waals surface area contributed by atoms with Crippen molar-refractivity contribution in [1.82, 2.24) is 14.9 Å². The first-order valence-corrected chi connectivity index (χ1v) is 8.13. The summed E-state index contributed by atoms with van der Waals surface area (Å²) in [6.07, 6.45) is 1.01. The van der Waals surface area contributed by atoms with Crippen LogP contribution in [-0.4, -0.2) is 66.2 Å². The number of hydrogen-bond donors (Lipinski definition) is 3. The molecule has 0 bridgehead atoms. The summed E-state index contributed by atoms with van der Waals surface area (Å²) in [7, 11) is 0. The van der Waals surface area contributed by atoms with Crippen molar-refractivity contribution in [3.05, 3.63) is 5.82 Å². The molecule has 0 radical (unpaired) electrons. The van der Waals surface area contributed by atoms with E-state index in [0.717, 1.165) is 45.8 Å². The lowest BCUT2D eigenvalue weighted by atomic mass is 10.2. The van der Waals surface area contributed by atoms with Gasteiger partial charge >= 0.3 is 0 Å².